The van der Waals surface area contributed by atoms with Gasteiger partial charge in [0.1, 0.15) is 6.61 Å². The zero-order valence-electron chi connectivity index (χ0n) is 20.1. The Morgan fingerprint density at radius 3 is 2.66 bits per heavy atom. The van der Waals surface area contributed by atoms with Gasteiger partial charge >= 0.3 is 5.97 Å². The molecular weight excluding hydrogens is 444 g/mol. The van der Waals surface area contributed by atoms with Gasteiger partial charge in [0.15, 0.2) is 0 Å². The van der Waals surface area contributed by atoms with Crippen molar-refractivity contribution >= 4 is 16.9 Å². The second-order valence-electron chi connectivity index (χ2n) is 8.41. The Labute approximate surface area is 203 Å². The van der Waals surface area contributed by atoms with Gasteiger partial charge in [-0.3, -0.25) is 9.48 Å². The molecule has 1 unspecified atom stereocenters. The summed E-state index contributed by atoms with van der Waals surface area (Å²) in [6.07, 6.45) is 1.79. The van der Waals surface area contributed by atoms with E-state index >= 15 is 0 Å². The SMILES string of the molecule is CCOC(=O)CC(CN=O)c1cn(C)nc1OCc1ccc(-c2nc3ccccc3cc2C)cc1. The lowest BCUT2D eigenvalue weighted by molar-refractivity contribution is -0.143. The van der Waals surface area contributed by atoms with E-state index < -0.39 is 5.92 Å². The van der Waals surface area contributed by atoms with Gasteiger partial charge in [0.25, 0.3) is 0 Å². The summed E-state index contributed by atoms with van der Waals surface area (Å²) in [5.74, 6) is -0.467. The number of nitrogens with zero attached hydrogens (tertiary/aromatic N) is 4. The first-order valence-corrected chi connectivity index (χ1v) is 11.5. The van der Waals surface area contributed by atoms with Crippen LogP contribution in [0.3, 0.4) is 0 Å². The molecule has 8 heteroatoms. The minimum Gasteiger partial charge on any atom is -0.472 e. The molecule has 0 aliphatic carbocycles. The average molecular weight is 473 g/mol. The lowest BCUT2D eigenvalue weighted by Crippen LogP contribution is -2.13. The zero-order chi connectivity index (χ0) is 24.8. The molecule has 0 spiro atoms. The highest BCUT2D eigenvalue weighted by molar-refractivity contribution is 5.83. The number of aryl methyl sites for hydroxylation is 2. The highest BCUT2D eigenvalue weighted by Gasteiger charge is 2.24. The molecule has 2 aromatic heterocycles. The fourth-order valence-corrected chi connectivity index (χ4v) is 4.09. The van der Waals surface area contributed by atoms with Crippen LogP contribution in [0.4, 0.5) is 0 Å². The molecule has 4 aromatic rings. The first-order valence-electron chi connectivity index (χ1n) is 11.5. The van der Waals surface area contributed by atoms with Crippen molar-refractivity contribution in [2.75, 3.05) is 13.2 Å². The van der Waals surface area contributed by atoms with Crippen molar-refractivity contribution in [3.05, 3.63) is 82.4 Å². The smallest absolute Gasteiger partial charge is 0.306 e. The maximum absolute atomic E-state index is 12.0. The van der Waals surface area contributed by atoms with E-state index in [0.717, 1.165) is 33.3 Å². The maximum atomic E-state index is 12.0. The second kappa shape index (κ2) is 10.9. The summed E-state index contributed by atoms with van der Waals surface area (Å²) in [7, 11) is 1.76. The monoisotopic (exact) mass is 472 g/mol. The van der Waals surface area contributed by atoms with E-state index in [1.807, 2.05) is 42.5 Å². The minimum absolute atomic E-state index is 0.0362. The van der Waals surface area contributed by atoms with Crippen molar-refractivity contribution in [3.8, 4) is 17.1 Å². The molecule has 0 saturated heterocycles. The predicted octanol–water partition coefficient (Wildman–Crippen LogP) is 5.33. The molecule has 2 aromatic carbocycles. The quantitative estimate of drug-likeness (QED) is 0.229. The number of para-hydroxylation sites is 1. The van der Waals surface area contributed by atoms with Crippen LogP contribution in [0, 0.1) is 11.8 Å². The van der Waals surface area contributed by atoms with Gasteiger partial charge in [0, 0.05) is 35.7 Å². The molecular formula is C27H28N4O4. The van der Waals surface area contributed by atoms with Gasteiger partial charge < -0.3 is 9.47 Å². The number of ether oxygens (including phenoxy) is 2. The third-order valence-electron chi connectivity index (χ3n) is 5.79. The Bertz CT molecular complexity index is 1330. The van der Waals surface area contributed by atoms with E-state index in [0.29, 0.717) is 11.4 Å². The van der Waals surface area contributed by atoms with Crippen molar-refractivity contribution in [2.24, 2.45) is 12.2 Å². The fourth-order valence-electron chi connectivity index (χ4n) is 4.09. The van der Waals surface area contributed by atoms with E-state index in [-0.39, 0.29) is 32.1 Å². The Kier molecular flexibility index (Phi) is 7.50. The summed E-state index contributed by atoms with van der Waals surface area (Å²) >= 11 is 0. The number of aromatic nitrogens is 3. The summed E-state index contributed by atoms with van der Waals surface area (Å²) < 4.78 is 12.6. The lowest BCUT2D eigenvalue weighted by Gasteiger charge is -2.13. The molecule has 0 saturated carbocycles. The number of esters is 1. The molecule has 8 nitrogen and oxygen atoms in total. The molecule has 0 bridgehead atoms. The van der Waals surface area contributed by atoms with Gasteiger partial charge in [0.2, 0.25) is 5.88 Å². The normalized spacial score (nSPS) is 11.9. The highest BCUT2D eigenvalue weighted by Crippen LogP contribution is 2.30. The van der Waals surface area contributed by atoms with E-state index in [1.54, 1.807) is 24.9 Å². The minimum atomic E-state index is -0.459. The predicted molar refractivity (Wildman–Crippen MR) is 134 cm³/mol. The van der Waals surface area contributed by atoms with Crippen LogP contribution < -0.4 is 4.74 Å². The topological polar surface area (TPSA) is 95.7 Å². The second-order valence-corrected chi connectivity index (χ2v) is 8.41. The number of rotatable bonds is 10. The third kappa shape index (κ3) is 5.71. The number of hydrogen-bond donors (Lipinski definition) is 0. The number of hydrogen-bond acceptors (Lipinski definition) is 7. The zero-order valence-corrected chi connectivity index (χ0v) is 20.1. The number of benzene rings is 2. The molecule has 35 heavy (non-hydrogen) atoms. The fraction of sp³-hybridized carbons (Fsp3) is 0.296. The van der Waals surface area contributed by atoms with E-state index in [1.165, 1.54) is 0 Å². The van der Waals surface area contributed by atoms with Gasteiger partial charge in [-0.1, -0.05) is 47.6 Å². The average Bonchev–Trinajstić information content (AvgIpc) is 3.23. The van der Waals surface area contributed by atoms with E-state index in [4.69, 9.17) is 14.5 Å². The van der Waals surface area contributed by atoms with Crippen LogP contribution in [0.5, 0.6) is 5.88 Å². The van der Waals surface area contributed by atoms with Crippen LogP contribution in [-0.4, -0.2) is 33.9 Å². The van der Waals surface area contributed by atoms with Crippen molar-refractivity contribution in [1.29, 1.82) is 0 Å². The van der Waals surface area contributed by atoms with Crippen LogP contribution >= 0.6 is 0 Å². The van der Waals surface area contributed by atoms with E-state index in [9.17, 15) is 9.70 Å². The van der Waals surface area contributed by atoms with Gasteiger partial charge in [-0.2, -0.15) is 4.91 Å². The number of carbonyl (C=O) groups excluding carboxylic acids is 1. The summed E-state index contributed by atoms with van der Waals surface area (Å²) in [5.41, 5.74) is 5.67. The Morgan fingerprint density at radius 2 is 1.91 bits per heavy atom. The molecule has 0 fully saturated rings. The molecule has 1 atom stereocenters. The number of nitroso groups, excluding NO2 is 1. The van der Waals surface area contributed by atoms with Crippen molar-refractivity contribution in [2.45, 2.75) is 32.8 Å². The van der Waals surface area contributed by atoms with Crippen LogP contribution in [0.15, 0.2) is 66.0 Å². The molecule has 2 heterocycles. The largest absolute Gasteiger partial charge is 0.472 e. The highest BCUT2D eigenvalue weighted by atomic mass is 16.5. The first kappa shape index (κ1) is 24.1. The lowest BCUT2D eigenvalue weighted by atomic mass is 9.98. The van der Waals surface area contributed by atoms with Crippen LogP contribution in [-0.2, 0) is 23.2 Å². The van der Waals surface area contributed by atoms with Crippen LogP contribution in [0.1, 0.15) is 36.0 Å². The van der Waals surface area contributed by atoms with Crippen molar-refractivity contribution in [3.63, 3.8) is 0 Å². The van der Waals surface area contributed by atoms with Gasteiger partial charge in [-0.05, 0) is 37.1 Å². The number of carbonyl (C=O) groups is 1. The third-order valence-corrected chi connectivity index (χ3v) is 5.79. The summed E-state index contributed by atoms with van der Waals surface area (Å²) in [6.45, 7) is 4.31. The summed E-state index contributed by atoms with van der Waals surface area (Å²) in [6, 6.07) is 18.3. The number of fused-ring (bicyclic) bond motifs is 1. The maximum Gasteiger partial charge on any atom is 0.306 e. The van der Waals surface area contributed by atoms with Crippen LogP contribution in [0.25, 0.3) is 22.2 Å². The van der Waals surface area contributed by atoms with E-state index in [2.05, 4.69) is 29.3 Å². The number of pyridine rings is 1. The molecule has 0 aliphatic heterocycles. The van der Waals surface area contributed by atoms with Gasteiger partial charge in [0.05, 0.1) is 30.8 Å². The molecule has 0 radical (unpaired) electrons. The Hall–Kier alpha value is -4.07. The van der Waals surface area contributed by atoms with Crippen molar-refractivity contribution in [1.82, 2.24) is 14.8 Å². The standard InChI is InChI=1S/C27H28N4O4/c1-4-34-25(32)14-22(15-28-33)23-16-31(3)30-27(23)35-17-19-9-11-20(12-10-19)26-18(2)13-21-7-5-6-8-24(21)29-26/h5-13,16,22H,4,14-15,17H2,1-3H3. The van der Waals surface area contributed by atoms with Crippen molar-refractivity contribution < 1.29 is 14.3 Å². The molecule has 0 aliphatic rings. The summed E-state index contributed by atoms with van der Waals surface area (Å²) in [5, 5.41) is 8.50. The molecule has 4 rings (SSSR count). The van der Waals surface area contributed by atoms with Gasteiger partial charge in [-0.25, -0.2) is 4.98 Å². The summed E-state index contributed by atoms with van der Waals surface area (Å²) in [4.78, 5) is 27.8. The molecule has 0 N–H and O–H groups in total. The Balaban J connectivity index is 1.49. The van der Waals surface area contributed by atoms with Gasteiger partial charge in [-0.15, -0.1) is 5.10 Å². The molecule has 0 amide bonds. The first-order chi connectivity index (χ1) is 17.0. The van der Waals surface area contributed by atoms with Crippen LogP contribution in [0.2, 0.25) is 0 Å². The molecule has 180 valence electrons. The Morgan fingerprint density at radius 1 is 1.14 bits per heavy atom.